The van der Waals surface area contributed by atoms with Crippen LogP contribution in [0.3, 0.4) is 0 Å². The molecule has 0 amide bonds. The third kappa shape index (κ3) is 3.73. The summed E-state index contributed by atoms with van der Waals surface area (Å²) in [4.78, 5) is 18.3. The molecule has 106 valence electrons. The van der Waals surface area contributed by atoms with E-state index in [2.05, 4.69) is 20.7 Å². The van der Waals surface area contributed by atoms with Gasteiger partial charge in [-0.1, -0.05) is 0 Å². The highest BCUT2D eigenvalue weighted by Gasteiger charge is 2.24. The van der Waals surface area contributed by atoms with Crippen molar-refractivity contribution in [2.75, 3.05) is 24.4 Å². The molecule has 0 saturated carbocycles. The summed E-state index contributed by atoms with van der Waals surface area (Å²) in [6.45, 7) is 5.57. The second kappa shape index (κ2) is 5.76. The molecule has 0 fully saturated rings. The van der Waals surface area contributed by atoms with Crippen LogP contribution in [0.25, 0.3) is 0 Å². The molecule has 0 saturated heterocycles. The molecule has 0 aliphatic rings. The number of nitrogens with one attached hydrogen (secondary N) is 2. The Labute approximate surface area is 110 Å². The number of aryl methyl sites for hydroxylation is 1. The Morgan fingerprint density at radius 1 is 1.47 bits per heavy atom. The van der Waals surface area contributed by atoms with Gasteiger partial charge in [0.1, 0.15) is 5.69 Å². The van der Waals surface area contributed by atoms with E-state index in [0.717, 1.165) is 0 Å². The fourth-order valence-corrected chi connectivity index (χ4v) is 1.34. The monoisotopic (exact) mass is 270 g/mol. The van der Waals surface area contributed by atoms with Gasteiger partial charge in [0, 0.05) is 13.7 Å². The van der Waals surface area contributed by atoms with Gasteiger partial charge in [-0.25, -0.2) is 10.8 Å². The third-order valence-electron chi connectivity index (χ3n) is 2.60. The van der Waals surface area contributed by atoms with Gasteiger partial charge in [0.05, 0.1) is 10.5 Å². The maximum absolute atomic E-state index is 11.0. The maximum Gasteiger partial charge on any atom is 0.332 e. The van der Waals surface area contributed by atoms with Crippen LogP contribution in [0, 0.1) is 17.0 Å². The minimum atomic E-state index is -0.530. The highest BCUT2D eigenvalue weighted by atomic mass is 16.6. The number of rotatable bonds is 6. The van der Waals surface area contributed by atoms with Crippen molar-refractivity contribution in [3.63, 3.8) is 0 Å². The molecule has 9 nitrogen and oxygen atoms in total. The van der Waals surface area contributed by atoms with Gasteiger partial charge in [-0.2, -0.15) is 4.98 Å². The number of nitro groups is 1. The lowest BCUT2D eigenvalue weighted by Gasteiger charge is -2.23. The van der Waals surface area contributed by atoms with Crippen LogP contribution in [0.4, 0.5) is 17.5 Å². The molecule has 19 heavy (non-hydrogen) atoms. The highest BCUT2D eigenvalue weighted by Crippen LogP contribution is 2.26. The lowest BCUT2D eigenvalue weighted by atomic mass is 10.1. The van der Waals surface area contributed by atoms with Crippen molar-refractivity contribution in [1.82, 2.24) is 9.97 Å². The number of nitrogens with zero attached hydrogens (tertiary/aromatic N) is 3. The number of hydrogen-bond donors (Lipinski definition) is 3. The molecule has 1 rings (SSSR count). The molecule has 9 heteroatoms. The molecule has 0 bridgehead atoms. The molecule has 1 heterocycles. The fourth-order valence-electron chi connectivity index (χ4n) is 1.34. The predicted molar refractivity (Wildman–Crippen MR) is 70.8 cm³/mol. The van der Waals surface area contributed by atoms with Crippen molar-refractivity contribution in [1.29, 1.82) is 0 Å². The Morgan fingerprint density at radius 2 is 2.11 bits per heavy atom. The van der Waals surface area contributed by atoms with E-state index in [1.54, 1.807) is 7.11 Å². The van der Waals surface area contributed by atoms with Crippen LogP contribution in [-0.2, 0) is 4.74 Å². The van der Waals surface area contributed by atoms with Crippen LogP contribution in [0.5, 0.6) is 0 Å². The van der Waals surface area contributed by atoms with Crippen molar-refractivity contribution in [3.05, 3.63) is 15.8 Å². The standard InChI is InChI=1S/C10H18N6O3/c1-6-7(16(17)18)8(14-9(13-6)15-11)12-5-10(2,3)19-4/h5,11H2,1-4H3,(H2,12,13,14,15). The Kier molecular flexibility index (Phi) is 4.57. The molecule has 0 spiro atoms. The van der Waals surface area contributed by atoms with E-state index >= 15 is 0 Å². The van der Waals surface area contributed by atoms with Gasteiger partial charge in [-0.15, -0.1) is 0 Å². The van der Waals surface area contributed by atoms with Crippen LogP contribution >= 0.6 is 0 Å². The first-order valence-electron chi connectivity index (χ1n) is 5.59. The minimum absolute atomic E-state index is 0.107. The average molecular weight is 270 g/mol. The van der Waals surface area contributed by atoms with Crippen molar-refractivity contribution in [2.45, 2.75) is 26.4 Å². The van der Waals surface area contributed by atoms with E-state index in [1.807, 2.05) is 13.8 Å². The minimum Gasteiger partial charge on any atom is -0.377 e. The molecule has 0 atom stereocenters. The SMILES string of the molecule is COC(C)(C)CNc1nc(NN)nc(C)c1[N+](=O)[O-]. The molecule has 0 unspecified atom stereocenters. The highest BCUT2D eigenvalue weighted by molar-refractivity contribution is 5.60. The number of anilines is 2. The van der Waals surface area contributed by atoms with Crippen molar-refractivity contribution in [3.8, 4) is 0 Å². The van der Waals surface area contributed by atoms with Gasteiger partial charge in [0.2, 0.25) is 11.8 Å². The summed E-state index contributed by atoms with van der Waals surface area (Å²) < 4.78 is 5.23. The van der Waals surface area contributed by atoms with E-state index in [4.69, 9.17) is 10.6 Å². The predicted octanol–water partition coefficient (Wildman–Crippen LogP) is 0.816. The molecule has 0 radical (unpaired) electrons. The number of methoxy groups -OCH3 is 1. The zero-order valence-electron chi connectivity index (χ0n) is 11.4. The third-order valence-corrected chi connectivity index (χ3v) is 2.60. The second-order valence-corrected chi connectivity index (χ2v) is 4.55. The summed E-state index contributed by atoms with van der Waals surface area (Å²) in [5, 5.41) is 13.9. The summed E-state index contributed by atoms with van der Waals surface area (Å²) in [6.07, 6.45) is 0. The molecule has 0 aliphatic heterocycles. The molecule has 4 N–H and O–H groups in total. The van der Waals surface area contributed by atoms with Gasteiger partial charge < -0.3 is 10.1 Å². The number of aromatic nitrogens is 2. The van der Waals surface area contributed by atoms with Gasteiger partial charge in [-0.05, 0) is 20.8 Å². The van der Waals surface area contributed by atoms with Crippen LogP contribution < -0.4 is 16.6 Å². The topological polar surface area (TPSA) is 128 Å². The molecule has 1 aromatic rings. The van der Waals surface area contributed by atoms with Crippen molar-refractivity contribution < 1.29 is 9.66 Å². The van der Waals surface area contributed by atoms with Crippen LogP contribution in [0.2, 0.25) is 0 Å². The van der Waals surface area contributed by atoms with E-state index in [1.165, 1.54) is 6.92 Å². The number of hydrazine groups is 1. The first-order valence-corrected chi connectivity index (χ1v) is 5.59. The van der Waals surface area contributed by atoms with E-state index in [-0.39, 0.29) is 23.1 Å². The maximum atomic E-state index is 11.0. The van der Waals surface area contributed by atoms with E-state index in [9.17, 15) is 10.1 Å². The van der Waals surface area contributed by atoms with Gasteiger partial charge >= 0.3 is 5.69 Å². The second-order valence-electron chi connectivity index (χ2n) is 4.55. The van der Waals surface area contributed by atoms with E-state index in [0.29, 0.717) is 6.54 Å². The smallest absolute Gasteiger partial charge is 0.332 e. The van der Waals surface area contributed by atoms with Crippen LogP contribution in [0.15, 0.2) is 0 Å². The normalized spacial score (nSPS) is 11.2. The summed E-state index contributed by atoms with van der Waals surface area (Å²) in [5.41, 5.74) is 1.84. The zero-order chi connectivity index (χ0) is 14.6. The van der Waals surface area contributed by atoms with Crippen molar-refractivity contribution >= 4 is 17.5 Å². The lowest BCUT2D eigenvalue weighted by molar-refractivity contribution is -0.385. The Morgan fingerprint density at radius 3 is 2.58 bits per heavy atom. The zero-order valence-corrected chi connectivity index (χ0v) is 11.4. The van der Waals surface area contributed by atoms with Crippen LogP contribution in [-0.4, -0.2) is 34.1 Å². The fraction of sp³-hybridized carbons (Fsp3) is 0.600. The molecule has 0 aromatic carbocycles. The summed E-state index contributed by atoms with van der Waals surface area (Å²) >= 11 is 0. The number of ether oxygens (including phenoxy) is 1. The van der Waals surface area contributed by atoms with Crippen LogP contribution in [0.1, 0.15) is 19.5 Å². The molecule has 1 aromatic heterocycles. The lowest BCUT2D eigenvalue weighted by Crippen LogP contribution is -2.32. The summed E-state index contributed by atoms with van der Waals surface area (Å²) in [7, 11) is 1.56. The largest absolute Gasteiger partial charge is 0.377 e. The Balaban J connectivity index is 3.10. The quantitative estimate of drug-likeness (QED) is 0.393. The first-order chi connectivity index (χ1) is 8.80. The Hall–Kier alpha value is -2.00. The first kappa shape index (κ1) is 15.1. The van der Waals surface area contributed by atoms with E-state index < -0.39 is 10.5 Å². The molecular formula is C10H18N6O3. The molecular weight excluding hydrogens is 252 g/mol. The van der Waals surface area contributed by atoms with Gasteiger partial charge in [0.25, 0.3) is 0 Å². The molecule has 0 aliphatic carbocycles. The van der Waals surface area contributed by atoms with Gasteiger partial charge in [-0.3, -0.25) is 15.5 Å². The Bertz CT molecular complexity index is 477. The van der Waals surface area contributed by atoms with Crippen molar-refractivity contribution in [2.24, 2.45) is 5.84 Å². The summed E-state index contributed by atoms with van der Waals surface area (Å²) in [5.74, 6) is 5.44. The summed E-state index contributed by atoms with van der Waals surface area (Å²) in [6, 6.07) is 0. The number of hydrogen-bond acceptors (Lipinski definition) is 8. The number of nitrogens with two attached hydrogens (primary N) is 1. The average Bonchev–Trinajstić information content (AvgIpc) is 2.35. The number of nitrogen functional groups attached to an aromatic ring is 1. The van der Waals surface area contributed by atoms with Gasteiger partial charge in [0.15, 0.2) is 0 Å².